The number of carbonyl (C=O) groups is 2. The molecule has 15 aromatic carbocycles. The van der Waals surface area contributed by atoms with Gasteiger partial charge in [-0.15, -0.1) is 0 Å². The summed E-state index contributed by atoms with van der Waals surface area (Å²) in [5.41, 5.74) is 35.0. The smallest absolute Gasteiger partial charge is 0.238 e. The first-order valence-corrected chi connectivity index (χ1v) is 44.3. The molecule has 0 aliphatic heterocycles. The summed E-state index contributed by atoms with van der Waals surface area (Å²) in [5.74, 6) is 8.36. The maximum absolute atomic E-state index is 10.5. The van der Waals surface area contributed by atoms with Crippen LogP contribution in [0.5, 0.6) is 0 Å². The molecule has 4 aliphatic rings. The Morgan fingerprint density at radius 1 is 0.321 bits per heavy atom. The molecule has 18 nitrogen and oxygen atoms in total. The van der Waals surface area contributed by atoms with Gasteiger partial charge in [0.15, 0.2) is 23.3 Å². The first-order chi connectivity index (χ1) is 63.1. The highest BCUT2D eigenvalue weighted by molar-refractivity contribution is 14.1. The number of Topliss-reactive ketones (excluding diaryl/α,β-unsaturated/α-hetero) is 2. The summed E-state index contributed by atoms with van der Waals surface area (Å²) in [6, 6.07) is 134. The number of nitrogens with two attached hydrogens (primary N) is 1. The predicted octanol–water partition coefficient (Wildman–Crippen LogP) is 26.5. The van der Waals surface area contributed by atoms with Crippen LogP contribution >= 0.6 is 34.2 Å². The maximum Gasteiger partial charge on any atom is 0.238 e. The third kappa shape index (κ3) is 22.9. The fourth-order valence-corrected chi connectivity index (χ4v) is 16.8. The predicted molar refractivity (Wildman–Crippen MR) is 549 cm³/mol. The molecule has 0 amide bonds. The van der Waals surface area contributed by atoms with Gasteiger partial charge in [0.25, 0.3) is 0 Å². The molecule has 23 rings (SSSR count). The number of benzene rings is 15. The van der Waals surface area contributed by atoms with Gasteiger partial charge in [0.05, 0.1) is 39.9 Å². The van der Waals surface area contributed by atoms with Crippen LogP contribution in [-0.2, 0) is 22.4 Å². The number of rotatable bonds is 11. The molecule has 0 unspecified atom stereocenters. The van der Waals surface area contributed by atoms with Crippen molar-refractivity contribution in [2.45, 2.75) is 71.6 Å². The number of ketones is 2. The number of aromatic nitrogens is 8. The van der Waals surface area contributed by atoms with Crippen molar-refractivity contribution in [3.05, 3.63) is 425 Å². The number of hydrogen-bond acceptors (Lipinski definition) is 15. The fourth-order valence-electron chi connectivity index (χ4n) is 16.2. The number of nitrogens with zero attached hydrogens (tertiary/aromatic N) is 10. The quantitative estimate of drug-likeness (QED) is 0.0349. The van der Waals surface area contributed by atoms with Crippen LogP contribution in [0.2, 0.25) is 5.28 Å². The van der Waals surface area contributed by atoms with Crippen LogP contribution in [0.15, 0.2) is 405 Å². The highest BCUT2D eigenvalue weighted by Crippen LogP contribution is 2.46. The van der Waals surface area contributed by atoms with Crippen LogP contribution in [0.25, 0.3) is 123 Å². The molecule has 2 saturated carbocycles. The molecular weight excluding hydrogens is 1750 g/mol. The van der Waals surface area contributed by atoms with Gasteiger partial charge in [-0.25, -0.2) is 9.97 Å². The minimum Gasteiger partial charge on any atom is -0.412 e. The number of nitrogen functional groups attached to an aromatic ring is 1. The molecule has 0 saturated heterocycles. The van der Waals surface area contributed by atoms with Gasteiger partial charge in [-0.2, -0.15) is 30.1 Å². The molecule has 19 aromatic rings. The zero-order chi connectivity index (χ0) is 87.2. The lowest BCUT2D eigenvalue weighted by Gasteiger charge is -2.15. The second-order valence-corrected chi connectivity index (χ2v) is 32.6. The number of fused-ring (bicyclic) bond motifs is 12. The zero-order valence-electron chi connectivity index (χ0n) is 71.4. The molecule has 131 heavy (non-hydrogen) atoms. The van der Waals surface area contributed by atoms with Gasteiger partial charge in [-0.1, -0.05) is 311 Å². The second kappa shape index (κ2) is 45.1. The summed E-state index contributed by atoms with van der Waals surface area (Å²) in [6.45, 7) is 0. The van der Waals surface area contributed by atoms with E-state index in [0.29, 0.717) is 42.1 Å². The number of carbonyl (C=O) groups excluding carboxylic acids is 2. The van der Waals surface area contributed by atoms with Crippen molar-refractivity contribution < 1.29 is 15.1 Å². The largest absolute Gasteiger partial charge is 0.412 e. The van der Waals surface area contributed by atoms with Crippen LogP contribution in [0, 0.1) is 3.57 Å². The number of hydrazone groups is 2. The average molecular weight is 1850 g/mol. The Morgan fingerprint density at radius 2 is 0.672 bits per heavy atom. The van der Waals surface area contributed by atoms with E-state index in [1.165, 1.54) is 64.4 Å². The van der Waals surface area contributed by atoms with Gasteiger partial charge in [-0.05, 0) is 208 Å². The van der Waals surface area contributed by atoms with E-state index in [4.69, 9.17) is 32.4 Å². The number of anilines is 3. The summed E-state index contributed by atoms with van der Waals surface area (Å²) >= 11 is 8.27. The van der Waals surface area contributed by atoms with Crippen molar-refractivity contribution in [2.24, 2.45) is 16.0 Å². The Morgan fingerprint density at radius 3 is 1.07 bits per heavy atom. The van der Waals surface area contributed by atoms with Crippen molar-refractivity contribution in [1.29, 1.82) is 0 Å². The van der Waals surface area contributed by atoms with Crippen LogP contribution in [0.3, 0.4) is 0 Å². The Labute approximate surface area is 781 Å². The summed E-state index contributed by atoms with van der Waals surface area (Å²) in [7, 11) is 0. The molecular formula is C111H99ClIN15O3. The van der Waals surface area contributed by atoms with E-state index in [9.17, 15) is 9.59 Å². The summed E-state index contributed by atoms with van der Waals surface area (Å²) < 4.78 is 5.84. The van der Waals surface area contributed by atoms with E-state index in [1.54, 1.807) is 0 Å². The van der Waals surface area contributed by atoms with Gasteiger partial charge in [0, 0.05) is 89.4 Å². The fraction of sp³-hybridized carbons (Fsp3) is 0.0991. The normalized spacial score (nSPS) is 12.9. The summed E-state index contributed by atoms with van der Waals surface area (Å²) in [6.07, 6.45) is 8.39. The van der Waals surface area contributed by atoms with Crippen LogP contribution in [-0.4, -0.2) is 67.5 Å². The highest BCUT2D eigenvalue weighted by atomic mass is 127. The first kappa shape index (κ1) is 92.1. The van der Waals surface area contributed by atoms with E-state index in [0.717, 1.165) is 129 Å². The molecule has 0 spiro atoms. The van der Waals surface area contributed by atoms with Crippen LogP contribution < -0.4 is 28.3 Å². The number of para-hydroxylation sites is 6. The Hall–Kier alpha value is -15.1. The lowest BCUT2D eigenvalue weighted by Crippen LogP contribution is -2.17. The molecule has 4 aromatic heterocycles. The van der Waals surface area contributed by atoms with Gasteiger partial charge in [0.1, 0.15) is 11.6 Å². The van der Waals surface area contributed by atoms with Crippen molar-refractivity contribution in [3.63, 3.8) is 0 Å². The van der Waals surface area contributed by atoms with Gasteiger partial charge < -0.3 is 21.6 Å². The molecule has 0 radical (unpaired) electrons. The molecule has 2 fully saturated rings. The third-order valence-corrected chi connectivity index (χ3v) is 23.2. The summed E-state index contributed by atoms with van der Waals surface area (Å²) in [5, 5.41) is 14.0. The lowest BCUT2D eigenvalue weighted by atomic mass is 9.97. The zero-order valence-corrected chi connectivity index (χ0v) is 74.3. The standard InChI is InChI=1S/C39H25N5.C20H14.C18H20N4.C15H10ClN3.C6H5I.C6H8N2.C6H8O2.CH4.H3N.H2O/c1-4-14-26(15-5-1)37-40-38(27-16-6-2-7-17-27)42-39(41-37)44-34-23-13-11-21-30(34)32-24-31-29-20-10-12-22-33(29)43(35(31)25-36(32)44)28-18-8-3-9-19-28;1-3-7-17-13(5-1)9-15-11-16-10-14-6-2-4-8-18(14)20(16)12-19(15)17;1-3-8-15(9-4-1)19-21-17-12-7-13-18(14-17)22-20-16-10-5-2-6-11-16;16-15-18-13(11-7-3-1-4-8-11)17-14(19-15)12-9-5-2-6-10-12;7-6-4-2-1-3-5-6;7-8-6-4-2-1-3-5-6;7-5-2-1-3-6(8)4-5;;;/h1-25H;1-8,11-12H,9-10H2;1-6,8-11,19-20H,7,12-14H2;1-10H;1-5H;1-5,8H,7H2;1-4H2;1H4;1H3;1H2/b;;21-17+,22-18+;;;;;;;. The Balaban J connectivity index is 0.000000135. The molecule has 10 N–H and O–H groups in total. The maximum atomic E-state index is 10.5. The molecule has 4 aliphatic carbocycles. The first-order valence-electron chi connectivity index (χ1n) is 42.8. The van der Waals surface area contributed by atoms with Crippen LogP contribution in [0.4, 0.5) is 17.1 Å². The summed E-state index contributed by atoms with van der Waals surface area (Å²) in [4.78, 5) is 48.9. The van der Waals surface area contributed by atoms with Crippen molar-refractivity contribution >= 4 is 118 Å². The molecule has 4 heterocycles. The van der Waals surface area contributed by atoms with E-state index in [-0.39, 0.29) is 42.3 Å². The van der Waals surface area contributed by atoms with Crippen molar-refractivity contribution in [1.82, 2.24) is 45.2 Å². The van der Waals surface area contributed by atoms with E-state index >= 15 is 0 Å². The average Bonchev–Trinajstić information content (AvgIpc) is 1.59. The van der Waals surface area contributed by atoms with Gasteiger partial charge in [0.2, 0.25) is 11.2 Å². The molecule has 650 valence electrons. The molecule has 0 atom stereocenters. The number of hydrogen-bond donors (Lipinski definition) is 5. The molecule has 20 heteroatoms. The Bertz CT molecular complexity index is 6850. The molecule has 0 bridgehead atoms. The second-order valence-electron chi connectivity index (χ2n) is 31.0. The Kier molecular flexibility index (Phi) is 31.7. The minimum absolute atomic E-state index is 0. The van der Waals surface area contributed by atoms with Gasteiger partial charge >= 0.3 is 0 Å². The number of halogens is 2. The monoisotopic (exact) mass is 1850 g/mol. The number of hydrazine groups is 1. The van der Waals surface area contributed by atoms with E-state index in [1.807, 2.05) is 231 Å². The van der Waals surface area contributed by atoms with Crippen molar-refractivity contribution in [3.8, 4) is 79.4 Å². The van der Waals surface area contributed by atoms with Gasteiger partial charge in [-0.3, -0.25) is 30.9 Å². The lowest BCUT2D eigenvalue weighted by molar-refractivity contribution is -0.129. The third-order valence-electron chi connectivity index (χ3n) is 22.3. The minimum atomic E-state index is 0. The van der Waals surface area contributed by atoms with E-state index in [2.05, 4.69) is 237 Å². The number of nitrogens with one attached hydrogen (secondary N) is 3. The van der Waals surface area contributed by atoms with Crippen LogP contribution in [0.1, 0.15) is 81.0 Å². The SMILES string of the molecule is C.Clc1nc(-c2ccccc2)nc(-c2ccccc2)n1.Ic1ccccc1.N.NNc1ccccc1.O.O=C1CCCC(=O)C1.c1ccc(-c2nc(-c3ccccc3)nc(-n3c4ccccc4c4cc5c6ccccc6n(-c6ccccc6)c5cc43)n2)cc1.c1ccc(N/N=C2\CCC/C(=N\Nc3ccccc3)C2)cc1.c1ccc2c(c1)Cc1cc3c(cc1-2)-c1ccccc1C3. The van der Waals surface area contributed by atoms with E-state index < -0.39 is 0 Å². The van der Waals surface area contributed by atoms with Crippen molar-refractivity contribution in [2.75, 3.05) is 16.3 Å². The highest BCUT2D eigenvalue weighted by Gasteiger charge is 2.26. The topological polar surface area (TPSA) is 275 Å².